The highest BCUT2D eigenvalue weighted by Gasteiger charge is 2.25. The van der Waals surface area contributed by atoms with Gasteiger partial charge < -0.3 is 11.1 Å². The highest BCUT2D eigenvalue weighted by Crippen LogP contribution is 2.24. The lowest BCUT2D eigenvalue weighted by molar-refractivity contribution is -0.120. The number of rotatable bonds is 2. The van der Waals surface area contributed by atoms with Crippen LogP contribution in [0.4, 0.5) is 5.69 Å². The summed E-state index contributed by atoms with van der Waals surface area (Å²) in [6.45, 7) is 0. The third-order valence-electron chi connectivity index (χ3n) is 2.85. The lowest BCUT2D eigenvalue weighted by atomic mass is 9.85. The zero-order chi connectivity index (χ0) is 10.7. The summed E-state index contributed by atoms with van der Waals surface area (Å²) in [5.74, 6) is 0.121. The number of amides is 1. The summed E-state index contributed by atoms with van der Waals surface area (Å²) < 4.78 is 0. The topological polar surface area (TPSA) is 83.8 Å². The molecule has 1 aliphatic rings. The monoisotopic (exact) mass is 208 g/mol. The van der Waals surface area contributed by atoms with Crippen molar-refractivity contribution >= 4 is 11.6 Å². The Hall–Kier alpha value is -1.36. The Balaban J connectivity index is 1.90. The van der Waals surface area contributed by atoms with Gasteiger partial charge in [0.15, 0.2) is 0 Å². The van der Waals surface area contributed by atoms with Gasteiger partial charge in [-0.25, -0.2) is 0 Å². The second kappa shape index (κ2) is 4.44. The molecule has 1 amide bonds. The van der Waals surface area contributed by atoms with E-state index < -0.39 is 0 Å². The number of hydrogen-bond acceptors (Lipinski definition) is 3. The molecule has 0 radical (unpaired) electrons. The van der Waals surface area contributed by atoms with Gasteiger partial charge in [-0.2, -0.15) is 5.10 Å². The van der Waals surface area contributed by atoms with E-state index in [1.807, 2.05) is 0 Å². The van der Waals surface area contributed by atoms with Crippen LogP contribution in [-0.4, -0.2) is 22.1 Å². The van der Waals surface area contributed by atoms with Gasteiger partial charge in [-0.3, -0.25) is 9.89 Å². The first-order valence-corrected chi connectivity index (χ1v) is 5.31. The van der Waals surface area contributed by atoms with Gasteiger partial charge in [0, 0.05) is 18.2 Å². The molecule has 1 saturated carbocycles. The van der Waals surface area contributed by atoms with E-state index in [0.29, 0.717) is 0 Å². The summed E-state index contributed by atoms with van der Waals surface area (Å²) in [5, 5.41) is 9.25. The second-order valence-corrected chi connectivity index (χ2v) is 4.10. The fourth-order valence-electron chi connectivity index (χ4n) is 2.03. The summed E-state index contributed by atoms with van der Waals surface area (Å²) in [5.41, 5.74) is 6.56. The quantitative estimate of drug-likeness (QED) is 0.674. The van der Waals surface area contributed by atoms with Gasteiger partial charge >= 0.3 is 0 Å². The molecule has 5 nitrogen and oxygen atoms in total. The fraction of sp³-hybridized carbons (Fsp3) is 0.600. The van der Waals surface area contributed by atoms with Crippen molar-refractivity contribution in [3.05, 3.63) is 12.4 Å². The Labute approximate surface area is 88.4 Å². The number of H-pyrrole nitrogens is 1. The van der Waals surface area contributed by atoms with Gasteiger partial charge in [0.25, 0.3) is 0 Å². The predicted molar refractivity (Wildman–Crippen MR) is 57.2 cm³/mol. The Morgan fingerprint density at radius 3 is 3.13 bits per heavy atom. The molecule has 82 valence electrons. The van der Waals surface area contributed by atoms with Crippen molar-refractivity contribution in [2.75, 3.05) is 5.32 Å². The maximum absolute atomic E-state index is 11.8. The molecule has 0 bridgehead atoms. The maximum Gasteiger partial charge on any atom is 0.227 e. The molecule has 4 N–H and O–H groups in total. The Bertz CT molecular complexity index is 322. The Morgan fingerprint density at radius 1 is 1.60 bits per heavy atom. The summed E-state index contributed by atoms with van der Waals surface area (Å²) in [6, 6.07) is 0.179. The van der Waals surface area contributed by atoms with Crippen molar-refractivity contribution in [1.29, 1.82) is 0 Å². The molecule has 1 aliphatic carbocycles. The van der Waals surface area contributed by atoms with E-state index in [1.54, 1.807) is 12.4 Å². The van der Waals surface area contributed by atoms with Crippen LogP contribution in [0.25, 0.3) is 0 Å². The average molecular weight is 208 g/mol. The molecule has 0 aromatic carbocycles. The molecule has 0 saturated heterocycles. The van der Waals surface area contributed by atoms with Crippen LogP contribution in [0, 0.1) is 5.92 Å². The summed E-state index contributed by atoms with van der Waals surface area (Å²) in [7, 11) is 0. The van der Waals surface area contributed by atoms with Crippen LogP contribution < -0.4 is 11.1 Å². The van der Waals surface area contributed by atoms with Crippen LogP contribution in [0.3, 0.4) is 0 Å². The van der Waals surface area contributed by atoms with Gasteiger partial charge in [-0.15, -0.1) is 0 Å². The van der Waals surface area contributed by atoms with Crippen LogP contribution in [0.5, 0.6) is 0 Å². The van der Waals surface area contributed by atoms with Crippen LogP contribution in [0.1, 0.15) is 25.7 Å². The van der Waals surface area contributed by atoms with E-state index in [0.717, 1.165) is 31.4 Å². The van der Waals surface area contributed by atoms with Crippen LogP contribution in [0.15, 0.2) is 12.4 Å². The number of carbonyl (C=O) groups excluding carboxylic acids is 1. The zero-order valence-electron chi connectivity index (χ0n) is 8.57. The lowest BCUT2D eigenvalue weighted by Gasteiger charge is -2.25. The molecule has 1 aromatic heterocycles. The number of aromatic amines is 1. The number of aromatic nitrogens is 2. The van der Waals surface area contributed by atoms with Crippen LogP contribution in [0.2, 0.25) is 0 Å². The largest absolute Gasteiger partial charge is 0.328 e. The SMILES string of the molecule is NC1CCCC(C(=O)Nc2cn[nH]c2)C1. The molecule has 0 aliphatic heterocycles. The summed E-state index contributed by atoms with van der Waals surface area (Å²) in [6.07, 6.45) is 7.09. The molecule has 1 aromatic rings. The van der Waals surface area contributed by atoms with Crippen molar-refractivity contribution in [1.82, 2.24) is 10.2 Å². The predicted octanol–water partition coefficient (Wildman–Crippen LogP) is 0.866. The summed E-state index contributed by atoms with van der Waals surface area (Å²) in [4.78, 5) is 11.8. The van der Waals surface area contributed by atoms with Crippen molar-refractivity contribution in [3.63, 3.8) is 0 Å². The molecule has 1 heterocycles. The van der Waals surface area contributed by atoms with E-state index in [2.05, 4.69) is 15.5 Å². The molecule has 15 heavy (non-hydrogen) atoms. The minimum absolute atomic E-state index is 0.0589. The molecular weight excluding hydrogens is 192 g/mol. The van der Waals surface area contributed by atoms with E-state index in [1.165, 1.54) is 0 Å². The standard InChI is InChI=1S/C10H16N4O/c11-8-3-1-2-7(4-8)10(15)14-9-5-12-13-6-9/h5-8H,1-4,11H2,(H,12,13)(H,14,15). The number of nitrogens with one attached hydrogen (secondary N) is 2. The van der Waals surface area contributed by atoms with Gasteiger partial charge in [-0.1, -0.05) is 6.42 Å². The van der Waals surface area contributed by atoms with Crippen molar-refractivity contribution in [2.45, 2.75) is 31.7 Å². The Kier molecular flexibility index (Phi) is 3.01. The fourth-order valence-corrected chi connectivity index (χ4v) is 2.03. The van der Waals surface area contributed by atoms with Crippen LogP contribution >= 0.6 is 0 Å². The van der Waals surface area contributed by atoms with Crippen molar-refractivity contribution < 1.29 is 4.79 Å². The van der Waals surface area contributed by atoms with E-state index in [-0.39, 0.29) is 17.9 Å². The number of nitrogens with zero attached hydrogens (tertiary/aromatic N) is 1. The minimum atomic E-state index is 0.0589. The Morgan fingerprint density at radius 2 is 2.47 bits per heavy atom. The minimum Gasteiger partial charge on any atom is -0.328 e. The van der Waals surface area contributed by atoms with E-state index in [9.17, 15) is 4.79 Å². The number of anilines is 1. The molecule has 1 fully saturated rings. The van der Waals surface area contributed by atoms with Crippen LogP contribution in [-0.2, 0) is 4.79 Å². The highest BCUT2D eigenvalue weighted by molar-refractivity contribution is 5.92. The first-order chi connectivity index (χ1) is 7.25. The average Bonchev–Trinajstić information content (AvgIpc) is 2.70. The smallest absolute Gasteiger partial charge is 0.227 e. The van der Waals surface area contributed by atoms with Gasteiger partial charge in [0.2, 0.25) is 5.91 Å². The number of hydrogen-bond donors (Lipinski definition) is 3. The highest BCUT2D eigenvalue weighted by atomic mass is 16.1. The second-order valence-electron chi connectivity index (χ2n) is 4.10. The van der Waals surface area contributed by atoms with Crippen molar-refractivity contribution in [3.8, 4) is 0 Å². The zero-order valence-corrected chi connectivity index (χ0v) is 8.57. The van der Waals surface area contributed by atoms with Gasteiger partial charge in [0.05, 0.1) is 11.9 Å². The molecule has 0 spiro atoms. The lowest BCUT2D eigenvalue weighted by Crippen LogP contribution is -2.34. The van der Waals surface area contributed by atoms with E-state index in [4.69, 9.17) is 5.73 Å². The number of nitrogens with two attached hydrogens (primary N) is 1. The van der Waals surface area contributed by atoms with Gasteiger partial charge in [0.1, 0.15) is 0 Å². The number of carbonyl (C=O) groups is 1. The summed E-state index contributed by atoms with van der Waals surface area (Å²) >= 11 is 0. The molecule has 2 rings (SSSR count). The third-order valence-corrected chi connectivity index (χ3v) is 2.85. The normalized spacial score (nSPS) is 26.2. The molecule has 2 unspecified atom stereocenters. The first-order valence-electron chi connectivity index (χ1n) is 5.31. The molecule has 2 atom stereocenters. The first kappa shape index (κ1) is 10.2. The van der Waals surface area contributed by atoms with Crippen molar-refractivity contribution in [2.24, 2.45) is 11.7 Å². The van der Waals surface area contributed by atoms with Gasteiger partial charge in [-0.05, 0) is 19.3 Å². The molecule has 5 heteroatoms. The van der Waals surface area contributed by atoms with E-state index >= 15 is 0 Å². The molecular formula is C10H16N4O. The third kappa shape index (κ3) is 2.56. The maximum atomic E-state index is 11.8.